The molecule has 9 atom stereocenters. The molecule has 0 spiro atoms. The van der Waals surface area contributed by atoms with Gasteiger partial charge in [-0.05, 0) is 111 Å². The Morgan fingerprint density at radius 2 is 1.70 bits per heavy atom. The molecule has 0 radical (unpaired) electrons. The summed E-state index contributed by atoms with van der Waals surface area (Å²) < 4.78 is 38.5. The van der Waals surface area contributed by atoms with Gasteiger partial charge in [-0.15, -0.1) is 0 Å². The number of aliphatic hydroxyl groups excluding tert-OH is 1. The molecule has 0 unspecified atom stereocenters. The SMILES string of the molecule is CC[C@]1(O)CC[C@@]2(C)C(=CC[C@@]3(C)[C@@H]4CC[C@H]([C@H](C)CC[C@@H](O)C(F)(F)F)[C@@]4(C)CC[C@@H]32)C1. The van der Waals surface area contributed by atoms with E-state index in [0.29, 0.717) is 24.2 Å². The van der Waals surface area contributed by atoms with Crippen molar-refractivity contribution in [3.8, 4) is 0 Å². The third kappa shape index (κ3) is 4.01. The van der Waals surface area contributed by atoms with Gasteiger partial charge in [0.1, 0.15) is 6.10 Å². The number of rotatable bonds is 5. The first-order chi connectivity index (χ1) is 15.2. The van der Waals surface area contributed by atoms with E-state index in [4.69, 9.17) is 0 Å². The molecule has 0 aromatic carbocycles. The highest BCUT2D eigenvalue weighted by Crippen LogP contribution is 2.72. The maximum absolute atomic E-state index is 12.8. The maximum atomic E-state index is 12.8. The van der Waals surface area contributed by atoms with E-state index in [1.165, 1.54) is 18.4 Å². The molecule has 2 N–H and O–H groups in total. The Hall–Kier alpha value is -0.550. The summed E-state index contributed by atoms with van der Waals surface area (Å²) in [5.74, 6) is 1.82. The number of allylic oxidation sites excluding steroid dienone is 1. The van der Waals surface area contributed by atoms with Gasteiger partial charge in [0.05, 0.1) is 5.60 Å². The van der Waals surface area contributed by atoms with Crippen LogP contribution in [-0.2, 0) is 0 Å². The van der Waals surface area contributed by atoms with Gasteiger partial charge in [-0.1, -0.05) is 46.3 Å². The van der Waals surface area contributed by atoms with E-state index in [9.17, 15) is 23.4 Å². The molecule has 0 aromatic rings. The van der Waals surface area contributed by atoms with Crippen LogP contribution in [0.15, 0.2) is 11.6 Å². The van der Waals surface area contributed by atoms with E-state index >= 15 is 0 Å². The lowest BCUT2D eigenvalue weighted by atomic mass is 9.41. The van der Waals surface area contributed by atoms with Gasteiger partial charge in [0.2, 0.25) is 0 Å². The van der Waals surface area contributed by atoms with Crippen molar-refractivity contribution in [3.05, 3.63) is 11.6 Å². The van der Waals surface area contributed by atoms with Gasteiger partial charge < -0.3 is 10.2 Å². The van der Waals surface area contributed by atoms with Crippen LogP contribution in [0.2, 0.25) is 0 Å². The molecule has 4 aliphatic carbocycles. The van der Waals surface area contributed by atoms with Gasteiger partial charge in [-0.2, -0.15) is 13.2 Å². The summed E-state index contributed by atoms with van der Waals surface area (Å²) in [6, 6.07) is 0. The molecular weight excluding hydrogens is 425 g/mol. The summed E-state index contributed by atoms with van der Waals surface area (Å²) in [6.45, 7) is 11.6. The normalized spacial score (nSPS) is 47.2. The molecule has 33 heavy (non-hydrogen) atoms. The lowest BCUT2D eigenvalue weighted by Gasteiger charge is -2.64. The first-order valence-corrected chi connectivity index (χ1v) is 13.4. The number of alkyl halides is 3. The number of hydrogen-bond acceptors (Lipinski definition) is 2. The zero-order chi connectivity index (χ0) is 24.4. The molecule has 0 amide bonds. The van der Waals surface area contributed by atoms with E-state index in [-0.39, 0.29) is 28.6 Å². The van der Waals surface area contributed by atoms with Gasteiger partial charge in [-0.3, -0.25) is 0 Å². The van der Waals surface area contributed by atoms with E-state index in [1.807, 2.05) is 0 Å². The molecule has 0 aliphatic heterocycles. The van der Waals surface area contributed by atoms with Crippen LogP contribution in [0.5, 0.6) is 0 Å². The summed E-state index contributed by atoms with van der Waals surface area (Å²) in [7, 11) is 0. The van der Waals surface area contributed by atoms with Gasteiger partial charge in [-0.25, -0.2) is 0 Å². The highest BCUT2D eigenvalue weighted by atomic mass is 19.4. The zero-order valence-electron chi connectivity index (χ0n) is 21.3. The smallest absolute Gasteiger partial charge is 0.390 e. The average molecular weight is 471 g/mol. The molecule has 4 aliphatic rings. The molecule has 0 saturated heterocycles. The lowest BCUT2D eigenvalue weighted by Crippen LogP contribution is -2.57. The van der Waals surface area contributed by atoms with Crippen molar-refractivity contribution in [2.45, 2.75) is 123 Å². The van der Waals surface area contributed by atoms with Crippen LogP contribution < -0.4 is 0 Å². The minimum atomic E-state index is -4.51. The van der Waals surface area contributed by atoms with E-state index in [2.05, 4.69) is 40.7 Å². The molecule has 4 rings (SSSR count). The summed E-state index contributed by atoms with van der Waals surface area (Å²) in [5, 5.41) is 20.5. The van der Waals surface area contributed by atoms with Crippen molar-refractivity contribution in [2.75, 3.05) is 0 Å². The minimum absolute atomic E-state index is 0.161. The molecule has 3 fully saturated rings. The third-order valence-corrected chi connectivity index (χ3v) is 11.5. The highest BCUT2D eigenvalue weighted by molar-refractivity contribution is 5.29. The van der Waals surface area contributed by atoms with E-state index in [1.54, 1.807) is 0 Å². The van der Waals surface area contributed by atoms with Crippen molar-refractivity contribution in [3.63, 3.8) is 0 Å². The molecule has 190 valence electrons. The Labute approximate surface area is 198 Å². The second-order valence-corrected chi connectivity index (χ2v) is 13.1. The van der Waals surface area contributed by atoms with Gasteiger partial charge in [0.25, 0.3) is 0 Å². The van der Waals surface area contributed by atoms with Gasteiger partial charge in [0, 0.05) is 0 Å². The summed E-state index contributed by atoms with van der Waals surface area (Å²) >= 11 is 0. The quantitative estimate of drug-likeness (QED) is 0.410. The first kappa shape index (κ1) is 25.5. The molecule has 0 bridgehead atoms. The van der Waals surface area contributed by atoms with Crippen LogP contribution in [0.3, 0.4) is 0 Å². The van der Waals surface area contributed by atoms with Gasteiger partial charge in [0.15, 0.2) is 0 Å². The zero-order valence-corrected chi connectivity index (χ0v) is 21.3. The van der Waals surface area contributed by atoms with Crippen molar-refractivity contribution >= 4 is 0 Å². The predicted molar refractivity (Wildman–Crippen MR) is 126 cm³/mol. The Bertz CT molecular complexity index is 778. The predicted octanol–water partition coefficient (Wildman–Crippen LogP) is 7.44. The molecule has 0 aromatic heterocycles. The summed E-state index contributed by atoms with van der Waals surface area (Å²) in [6.07, 6.45) is 5.22. The third-order valence-electron chi connectivity index (χ3n) is 11.5. The molecule has 0 heterocycles. The second kappa shape index (κ2) is 8.25. The number of aliphatic hydroxyl groups is 2. The van der Waals surface area contributed by atoms with Gasteiger partial charge >= 0.3 is 6.18 Å². The Morgan fingerprint density at radius 1 is 1.00 bits per heavy atom. The Morgan fingerprint density at radius 3 is 2.33 bits per heavy atom. The van der Waals surface area contributed by atoms with Crippen molar-refractivity contribution < 1.29 is 23.4 Å². The van der Waals surface area contributed by atoms with E-state index in [0.717, 1.165) is 44.9 Å². The maximum Gasteiger partial charge on any atom is 0.414 e. The van der Waals surface area contributed by atoms with Crippen molar-refractivity contribution in [1.82, 2.24) is 0 Å². The molecule has 2 nitrogen and oxygen atoms in total. The second-order valence-electron chi connectivity index (χ2n) is 13.1. The van der Waals surface area contributed by atoms with Crippen LogP contribution in [0.25, 0.3) is 0 Å². The van der Waals surface area contributed by atoms with Crippen LogP contribution in [0, 0.1) is 39.9 Å². The Balaban J connectivity index is 1.54. The monoisotopic (exact) mass is 470 g/mol. The summed E-state index contributed by atoms with van der Waals surface area (Å²) in [5.41, 5.74) is 1.47. The van der Waals surface area contributed by atoms with Crippen molar-refractivity contribution in [1.29, 1.82) is 0 Å². The number of fused-ring (bicyclic) bond motifs is 5. The van der Waals surface area contributed by atoms with Crippen LogP contribution >= 0.6 is 0 Å². The Kier molecular flexibility index (Phi) is 6.39. The summed E-state index contributed by atoms with van der Waals surface area (Å²) in [4.78, 5) is 0. The standard InChI is InChI=1S/C28H45F3O2/c1-6-27(33)16-15-24(3)19(17-27)11-13-26(5)21-9-8-20(25(21,4)14-12-22(24)26)18(2)7-10-23(32)28(29,30)31/h11,18,20-23,32-33H,6-10,12-17H2,1-5H3/t18-,20-,21-,22-,23-,24+,25-,26+,27+/m1/s1. The fourth-order valence-electron chi connectivity index (χ4n) is 9.43. The van der Waals surface area contributed by atoms with Crippen LogP contribution in [-0.4, -0.2) is 28.1 Å². The fraction of sp³-hybridized carbons (Fsp3) is 0.929. The largest absolute Gasteiger partial charge is 0.414 e. The van der Waals surface area contributed by atoms with Crippen LogP contribution in [0.4, 0.5) is 13.2 Å². The lowest BCUT2D eigenvalue weighted by molar-refractivity contribution is -0.206. The fourth-order valence-corrected chi connectivity index (χ4v) is 9.43. The highest BCUT2D eigenvalue weighted by Gasteiger charge is 2.64. The first-order valence-electron chi connectivity index (χ1n) is 13.4. The minimum Gasteiger partial charge on any atom is -0.390 e. The number of hydrogen-bond donors (Lipinski definition) is 2. The van der Waals surface area contributed by atoms with Crippen molar-refractivity contribution in [2.24, 2.45) is 39.9 Å². The number of halogens is 3. The average Bonchev–Trinajstić information content (AvgIpc) is 3.10. The van der Waals surface area contributed by atoms with Crippen LogP contribution in [0.1, 0.15) is 105 Å². The molecular formula is C28H45F3O2. The topological polar surface area (TPSA) is 40.5 Å². The van der Waals surface area contributed by atoms with E-state index < -0.39 is 17.9 Å². The molecule has 5 heteroatoms. The molecule has 3 saturated carbocycles.